The minimum atomic E-state index is -0.122. The van der Waals surface area contributed by atoms with Gasteiger partial charge in [-0.25, -0.2) is 15.0 Å². The van der Waals surface area contributed by atoms with Crippen molar-refractivity contribution in [3.05, 3.63) is 217 Å². The third-order valence-electron chi connectivity index (χ3n) is 12.8. The van der Waals surface area contributed by atoms with Crippen LogP contribution in [0, 0.1) is 0 Å². The minimum absolute atomic E-state index is 0.122. The van der Waals surface area contributed by atoms with Gasteiger partial charge >= 0.3 is 0 Å². The first kappa shape index (κ1) is 35.9. The first-order chi connectivity index (χ1) is 30.5. The molecule has 2 aromatic heterocycles. The van der Waals surface area contributed by atoms with E-state index >= 15 is 0 Å². The SMILES string of the molecule is CC1(C)c2ccccc2-c2cc3c4ccccc4n(-c4ccc(-c5nc(-c6ccccc6)nc(-c6cc(-c7ccccc7)cc(-c7ccccc7)c6)n5)c5ccccc45)c3cc21. The normalized spacial score (nSPS) is 12.8. The summed E-state index contributed by atoms with van der Waals surface area (Å²) in [6.45, 7) is 4.71. The molecule has 0 aliphatic heterocycles. The largest absolute Gasteiger partial charge is 0.309 e. The maximum atomic E-state index is 5.36. The van der Waals surface area contributed by atoms with Crippen LogP contribution in [0.15, 0.2) is 206 Å². The lowest BCUT2D eigenvalue weighted by Crippen LogP contribution is -2.15. The molecule has 4 heteroatoms. The van der Waals surface area contributed by atoms with Crippen LogP contribution in [0.2, 0.25) is 0 Å². The molecule has 4 nitrogen and oxygen atoms in total. The van der Waals surface area contributed by atoms with Gasteiger partial charge in [0.2, 0.25) is 0 Å². The predicted octanol–water partition coefficient (Wildman–Crippen LogP) is 14.8. The molecule has 62 heavy (non-hydrogen) atoms. The van der Waals surface area contributed by atoms with Gasteiger partial charge in [0.1, 0.15) is 0 Å². The van der Waals surface area contributed by atoms with Crippen molar-refractivity contribution in [3.8, 4) is 73.2 Å². The number of nitrogens with zero attached hydrogens (tertiary/aromatic N) is 4. The molecule has 12 rings (SSSR count). The zero-order chi connectivity index (χ0) is 41.4. The average molecular weight is 793 g/mol. The Labute approximate surface area is 360 Å². The van der Waals surface area contributed by atoms with Crippen molar-refractivity contribution >= 4 is 32.6 Å². The van der Waals surface area contributed by atoms with Crippen LogP contribution < -0.4 is 0 Å². The van der Waals surface area contributed by atoms with Crippen molar-refractivity contribution in [2.45, 2.75) is 19.3 Å². The molecule has 292 valence electrons. The van der Waals surface area contributed by atoms with Gasteiger partial charge in [0, 0.05) is 38.3 Å². The number of hydrogen-bond donors (Lipinski definition) is 0. The van der Waals surface area contributed by atoms with E-state index in [2.05, 4.69) is 206 Å². The van der Waals surface area contributed by atoms with Gasteiger partial charge in [0.05, 0.1) is 16.7 Å². The number of aromatic nitrogens is 4. The van der Waals surface area contributed by atoms with Crippen molar-refractivity contribution < 1.29 is 0 Å². The summed E-state index contributed by atoms with van der Waals surface area (Å²) >= 11 is 0. The molecule has 1 aliphatic carbocycles. The van der Waals surface area contributed by atoms with E-state index in [1.165, 1.54) is 44.1 Å². The Kier molecular flexibility index (Phi) is 8.16. The van der Waals surface area contributed by atoms with Crippen molar-refractivity contribution in [1.29, 1.82) is 0 Å². The van der Waals surface area contributed by atoms with Crippen LogP contribution in [-0.2, 0) is 5.41 Å². The average Bonchev–Trinajstić information content (AvgIpc) is 3.78. The minimum Gasteiger partial charge on any atom is -0.309 e. The number of para-hydroxylation sites is 1. The Morgan fingerprint density at radius 2 is 0.855 bits per heavy atom. The highest BCUT2D eigenvalue weighted by molar-refractivity contribution is 6.13. The van der Waals surface area contributed by atoms with E-state index in [9.17, 15) is 0 Å². The maximum Gasteiger partial charge on any atom is 0.164 e. The molecule has 0 saturated carbocycles. The first-order valence-corrected chi connectivity index (χ1v) is 21.3. The van der Waals surface area contributed by atoms with E-state index in [4.69, 9.17) is 15.0 Å². The fraction of sp³-hybridized carbons (Fsp3) is 0.0517. The second-order valence-corrected chi connectivity index (χ2v) is 16.8. The van der Waals surface area contributed by atoms with Crippen molar-refractivity contribution in [1.82, 2.24) is 19.5 Å². The van der Waals surface area contributed by atoms with Crippen LogP contribution in [-0.4, -0.2) is 19.5 Å². The molecular weight excluding hydrogens is 753 g/mol. The molecule has 0 atom stereocenters. The Morgan fingerprint density at radius 3 is 1.55 bits per heavy atom. The third-order valence-corrected chi connectivity index (χ3v) is 12.8. The standard InChI is InChI=1S/C58H40N4/c1-58(2)50-28-16-14-25-44(50)48-35-49-46-27-15-17-29-52(46)62(54(49)36-51(48)58)53-31-30-47(43-24-12-13-26-45(43)53)57-60-55(39-22-10-5-11-23-39)59-56(61-57)42-33-40(37-18-6-3-7-19-37)32-41(34-42)38-20-8-4-9-21-38/h3-36H,1-2H3. The number of benzene rings is 9. The summed E-state index contributed by atoms with van der Waals surface area (Å²) in [5, 5.41) is 4.69. The molecule has 0 fully saturated rings. The summed E-state index contributed by atoms with van der Waals surface area (Å²) in [5.41, 5.74) is 16.0. The zero-order valence-corrected chi connectivity index (χ0v) is 34.4. The van der Waals surface area contributed by atoms with Crippen LogP contribution in [0.3, 0.4) is 0 Å². The monoisotopic (exact) mass is 792 g/mol. The van der Waals surface area contributed by atoms with Gasteiger partial charge in [-0.15, -0.1) is 0 Å². The van der Waals surface area contributed by atoms with Gasteiger partial charge < -0.3 is 4.57 Å². The second-order valence-electron chi connectivity index (χ2n) is 16.8. The molecule has 0 unspecified atom stereocenters. The van der Waals surface area contributed by atoms with E-state index < -0.39 is 0 Å². The summed E-state index contributed by atoms with van der Waals surface area (Å²) < 4.78 is 2.46. The number of hydrogen-bond acceptors (Lipinski definition) is 3. The van der Waals surface area contributed by atoms with Crippen molar-refractivity contribution in [3.63, 3.8) is 0 Å². The molecule has 0 N–H and O–H groups in total. The molecule has 0 saturated heterocycles. The smallest absolute Gasteiger partial charge is 0.164 e. The highest BCUT2D eigenvalue weighted by atomic mass is 15.0. The van der Waals surface area contributed by atoms with Crippen LogP contribution in [0.25, 0.3) is 106 Å². The fourth-order valence-electron chi connectivity index (χ4n) is 9.79. The predicted molar refractivity (Wildman–Crippen MR) is 256 cm³/mol. The third kappa shape index (κ3) is 5.72. The van der Waals surface area contributed by atoms with Gasteiger partial charge in [-0.2, -0.15) is 0 Å². The Morgan fingerprint density at radius 1 is 0.323 bits per heavy atom. The lowest BCUT2D eigenvalue weighted by atomic mass is 9.82. The molecule has 9 aromatic carbocycles. The molecule has 2 heterocycles. The Balaban J connectivity index is 1.08. The van der Waals surface area contributed by atoms with Crippen LogP contribution >= 0.6 is 0 Å². The Bertz CT molecular complexity index is 3470. The summed E-state index contributed by atoms with van der Waals surface area (Å²) in [7, 11) is 0. The zero-order valence-electron chi connectivity index (χ0n) is 34.4. The molecular formula is C58H40N4. The topological polar surface area (TPSA) is 43.6 Å². The molecule has 1 aliphatic rings. The van der Waals surface area contributed by atoms with E-state index in [-0.39, 0.29) is 5.41 Å². The summed E-state index contributed by atoms with van der Waals surface area (Å²) in [4.78, 5) is 15.8. The van der Waals surface area contributed by atoms with Crippen LogP contribution in [0.1, 0.15) is 25.0 Å². The highest BCUT2D eigenvalue weighted by Gasteiger charge is 2.36. The first-order valence-electron chi connectivity index (χ1n) is 21.3. The number of rotatable bonds is 6. The van der Waals surface area contributed by atoms with E-state index in [1.807, 2.05) is 18.2 Å². The van der Waals surface area contributed by atoms with Crippen molar-refractivity contribution in [2.24, 2.45) is 0 Å². The van der Waals surface area contributed by atoms with Crippen LogP contribution in [0.4, 0.5) is 0 Å². The molecule has 11 aromatic rings. The van der Waals surface area contributed by atoms with Gasteiger partial charge in [-0.3, -0.25) is 0 Å². The molecule has 0 bridgehead atoms. The maximum absolute atomic E-state index is 5.36. The van der Waals surface area contributed by atoms with E-state index in [1.54, 1.807) is 0 Å². The van der Waals surface area contributed by atoms with Crippen LogP contribution in [0.5, 0.6) is 0 Å². The van der Waals surface area contributed by atoms with Crippen molar-refractivity contribution in [2.75, 3.05) is 0 Å². The van der Waals surface area contributed by atoms with Gasteiger partial charge in [-0.05, 0) is 98.4 Å². The van der Waals surface area contributed by atoms with Gasteiger partial charge in [0.15, 0.2) is 17.5 Å². The summed E-state index contributed by atoms with van der Waals surface area (Å²) in [6, 6.07) is 73.7. The Hall–Kier alpha value is -7.95. The second kappa shape index (κ2) is 14.1. The lowest BCUT2D eigenvalue weighted by molar-refractivity contribution is 0.661. The van der Waals surface area contributed by atoms with E-state index in [0.717, 1.165) is 55.4 Å². The van der Waals surface area contributed by atoms with Gasteiger partial charge in [-0.1, -0.05) is 172 Å². The highest BCUT2D eigenvalue weighted by Crippen LogP contribution is 2.51. The quantitative estimate of drug-likeness (QED) is 0.168. The fourth-order valence-corrected chi connectivity index (χ4v) is 9.79. The molecule has 0 radical (unpaired) electrons. The summed E-state index contributed by atoms with van der Waals surface area (Å²) in [6.07, 6.45) is 0. The molecule has 0 spiro atoms. The number of fused-ring (bicyclic) bond motifs is 7. The molecule has 0 amide bonds. The van der Waals surface area contributed by atoms with E-state index in [0.29, 0.717) is 17.5 Å². The summed E-state index contributed by atoms with van der Waals surface area (Å²) in [5.74, 6) is 1.88. The lowest BCUT2D eigenvalue weighted by Gasteiger charge is -2.22. The van der Waals surface area contributed by atoms with Gasteiger partial charge in [0.25, 0.3) is 0 Å².